The number of carbonyl (C=O) groups is 1. The van der Waals surface area contributed by atoms with E-state index in [-0.39, 0.29) is 11.9 Å². The molecule has 0 aromatic heterocycles. The summed E-state index contributed by atoms with van der Waals surface area (Å²) in [6, 6.07) is 12.4. The van der Waals surface area contributed by atoms with Gasteiger partial charge in [-0.3, -0.25) is 4.79 Å². The number of carbonyl (C=O) groups excluding carboxylic acids is 1. The monoisotopic (exact) mass is 228 g/mol. The molecule has 0 heterocycles. The fourth-order valence-electron chi connectivity index (χ4n) is 2.14. The SMILES string of the molecule is COC(=O)C(C)c1cc2ccccc2cc1C. The maximum Gasteiger partial charge on any atom is 0.312 e. The molecule has 1 atom stereocenters. The average molecular weight is 228 g/mol. The lowest BCUT2D eigenvalue weighted by molar-refractivity contribution is -0.142. The maximum atomic E-state index is 11.6. The van der Waals surface area contributed by atoms with E-state index >= 15 is 0 Å². The molecule has 0 saturated carbocycles. The van der Waals surface area contributed by atoms with Crippen LogP contribution in [0.4, 0.5) is 0 Å². The fourth-order valence-corrected chi connectivity index (χ4v) is 2.14. The lowest BCUT2D eigenvalue weighted by Gasteiger charge is -2.13. The third-order valence-electron chi connectivity index (χ3n) is 3.16. The van der Waals surface area contributed by atoms with Gasteiger partial charge in [0, 0.05) is 0 Å². The Kier molecular flexibility index (Phi) is 3.14. The molecule has 0 fully saturated rings. The Labute approximate surface area is 101 Å². The number of hydrogen-bond donors (Lipinski definition) is 0. The second-order valence-corrected chi connectivity index (χ2v) is 4.30. The second-order valence-electron chi connectivity index (χ2n) is 4.30. The summed E-state index contributed by atoms with van der Waals surface area (Å²) in [4.78, 5) is 11.6. The quantitative estimate of drug-likeness (QED) is 0.736. The molecule has 2 aromatic carbocycles. The standard InChI is InChI=1S/C15H16O2/c1-10-8-12-6-4-5-7-13(12)9-14(10)11(2)15(16)17-3/h4-9,11H,1-3H3. The van der Waals surface area contributed by atoms with Crippen molar-refractivity contribution in [3.05, 3.63) is 47.5 Å². The Hall–Kier alpha value is -1.83. The summed E-state index contributed by atoms with van der Waals surface area (Å²) in [5.41, 5.74) is 2.16. The van der Waals surface area contributed by atoms with Gasteiger partial charge in [-0.05, 0) is 35.7 Å². The van der Waals surface area contributed by atoms with E-state index in [9.17, 15) is 4.79 Å². The van der Waals surface area contributed by atoms with Crippen molar-refractivity contribution in [2.45, 2.75) is 19.8 Å². The van der Waals surface area contributed by atoms with Gasteiger partial charge in [0.1, 0.15) is 0 Å². The molecule has 0 saturated heterocycles. The molecule has 0 radical (unpaired) electrons. The van der Waals surface area contributed by atoms with Crippen molar-refractivity contribution in [2.75, 3.05) is 7.11 Å². The zero-order chi connectivity index (χ0) is 12.4. The molecule has 2 aromatic rings. The van der Waals surface area contributed by atoms with E-state index < -0.39 is 0 Å². The highest BCUT2D eigenvalue weighted by Gasteiger charge is 2.17. The molecule has 2 nitrogen and oxygen atoms in total. The van der Waals surface area contributed by atoms with Crippen molar-refractivity contribution in [1.82, 2.24) is 0 Å². The van der Waals surface area contributed by atoms with Gasteiger partial charge in [0.25, 0.3) is 0 Å². The summed E-state index contributed by atoms with van der Waals surface area (Å²) >= 11 is 0. The molecule has 0 amide bonds. The first-order valence-corrected chi connectivity index (χ1v) is 5.70. The zero-order valence-electron chi connectivity index (χ0n) is 10.4. The van der Waals surface area contributed by atoms with Crippen molar-refractivity contribution < 1.29 is 9.53 Å². The minimum atomic E-state index is -0.218. The molecule has 0 aliphatic heterocycles. The topological polar surface area (TPSA) is 26.3 Å². The molecular formula is C15H16O2. The van der Waals surface area contributed by atoms with Crippen LogP contribution < -0.4 is 0 Å². The van der Waals surface area contributed by atoms with Gasteiger partial charge in [-0.15, -0.1) is 0 Å². The largest absolute Gasteiger partial charge is 0.469 e. The van der Waals surface area contributed by atoms with Gasteiger partial charge in [0.15, 0.2) is 0 Å². The van der Waals surface area contributed by atoms with E-state index in [1.165, 1.54) is 12.5 Å². The Morgan fingerprint density at radius 1 is 1.18 bits per heavy atom. The van der Waals surface area contributed by atoms with Gasteiger partial charge in [0.05, 0.1) is 13.0 Å². The molecule has 2 rings (SSSR count). The van der Waals surface area contributed by atoms with E-state index in [2.05, 4.69) is 24.3 Å². The maximum absolute atomic E-state index is 11.6. The highest BCUT2D eigenvalue weighted by atomic mass is 16.5. The van der Waals surface area contributed by atoms with E-state index in [0.717, 1.165) is 16.5 Å². The molecule has 1 unspecified atom stereocenters. The lowest BCUT2D eigenvalue weighted by Crippen LogP contribution is -2.11. The summed E-state index contributed by atoms with van der Waals surface area (Å²) < 4.78 is 4.79. The average Bonchev–Trinajstić information content (AvgIpc) is 2.36. The number of benzene rings is 2. The molecule has 88 valence electrons. The molecule has 0 bridgehead atoms. The zero-order valence-corrected chi connectivity index (χ0v) is 10.4. The van der Waals surface area contributed by atoms with Gasteiger partial charge < -0.3 is 4.74 Å². The number of ether oxygens (including phenoxy) is 1. The van der Waals surface area contributed by atoms with Gasteiger partial charge in [-0.1, -0.05) is 36.4 Å². The fraction of sp³-hybridized carbons (Fsp3) is 0.267. The van der Waals surface area contributed by atoms with Gasteiger partial charge in [-0.2, -0.15) is 0 Å². The van der Waals surface area contributed by atoms with Crippen LogP contribution in [0.3, 0.4) is 0 Å². The number of hydrogen-bond acceptors (Lipinski definition) is 2. The van der Waals surface area contributed by atoms with E-state index in [1.807, 2.05) is 26.0 Å². The minimum Gasteiger partial charge on any atom is -0.469 e. The second kappa shape index (κ2) is 4.58. The predicted molar refractivity (Wildman–Crippen MR) is 69.1 cm³/mol. The van der Waals surface area contributed by atoms with E-state index in [0.29, 0.717) is 0 Å². The van der Waals surface area contributed by atoms with Crippen LogP contribution in [0.1, 0.15) is 24.0 Å². The number of esters is 1. The summed E-state index contributed by atoms with van der Waals surface area (Å²) in [5.74, 6) is -0.409. The smallest absolute Gasteiger partial charge is 0.312 e. The minimum absolute atomic E-state index is 0.191. The number of methoxy groups -OCH3 is 1. The summed E-state index contributed by atoms with van der Waals surface area (Å²) in [5, 5.41) is 2.36. The lowest BCUT2D eigenvalue weighted by atomic mass is 9.93. The Morgan fingerprint density at radius 2 is 1.76 bits per heavy atom. The molecule has 0 aliphatic rings. The Balaban J connectivity index is 2.54. The predicted octanol–water partition coefficient (Wildman–Crippen LogP) is 3.42. The van der Waals surface area contributed by atoms with Crippen molar-refractivity contribution in [1.29, 1.82) is 0 Å². The molecule has 0 aliphatic carbocycles. The highest BCUT2D eigenvalue weighted by molar-refractivity contribution is 5.86. The number of rotatable bonds is 2. The molecule has 0 N–H and O–H groups in total. The third-order valence-corrected chi connectivity index (χ3v) is 3.16. The van der Waals surface area contributed by atoms with Crippen LogP contribution in [0.25, 0.3) is 10.8 Å². The Bertz CT molecular complexity index is 558. The first-order chi connectivity index (χ1) is 8.13. The highest BCUT2D eigenvalue weighted by Crippen LogP contribution is 2.26. The van der Waals surface area contributed by atoms with Crippen LogP contribution in [0.15, 0.2) is 36.4 Å². The van der Waals surface area contributed by atoms with Crippen molar-refractivity contribution >= 4 is 16.7 Å². The van der Waals surface area contributed by atoms with Crippen molar-refractivity contribution in [3.8, 4) is 0 Å². The first kappa shape index (κ1) is 11.6. The summed E-state index contributed by atoms with van der Waals surface area (Å²) in [6.45, 7) is 3.91. The number of fused-ring (bicyclic) bond motifs is 1. The van der Waals surface area contributed by atoms with Crippen LogP contribution in [0.2, 0.25) is 0 Å². The van der Waals surface area contributed by atoms with Crippen molar-refractivity contribution in [3.63, 3.8) is 0 Å². The van der Waals surface area contributed by atoms with Crippen LogP contribution in [-0.4, -0.2) is 13.1 Å². The van der Waals surface area contributed by atoms with Gasteiger partial charge >= 0.3 is 5.97 Å². The van der Waals surface area contributed by atoms with E-state index in [4.69, 9.17) is 4.74 Å². The molecule has 2 heteroatoms. The van der Waals surface area contributed by atoms with Crippen LogP contribution in [0, 0.1) is 6.92 Å². The summed E-state index contributed by atoms with van der Waals surface area (Å²) in [6.07, 6.45) is 0. The molecule has 0 spiro atoms. The Morgan fingerprint density at radius 3 is 2.35 bits per heavy atom. The van der Waals surface area contributed by atoms with Gasteiger partial charge in [0.2, 0.25) is 0 Å². The third kappa shape index (κ3) is 2.16. The number of aryl methyl sites for hydroxylation is 1. The first-order valence-electron chi connectivity index (χ1n) is 5.70. The van der Waals surface area contributed by atoms with Gasteiger partial charge in [-0.25, -0.2) is 0 Å². The van der Waals surface area contributed by atoms with E-state index in [1.54, 1.807) is 0 Å². The molecular weight excluding hydrogens is 212 g/mol. The summed E-state index contributed by atoms with van der Waals surface area (Å²) in [7, 11) is 1.43. The molecule has 17 heavy (non-hydrogen) atoms. The van der Waals surface area contributed by atoms with Crippen LogP contribution in [-0.2, 0) is 9.53 Å². The van der Waals surface area contributed by atoms with Crippen LogP contribution in [0.5, 0.6) is 0 Å². The van der Waals surface area contributed by atoms with Crippen molar-refractivity contribution in [2.24, 2.45) is 0 Å². The normalized spacial score (nSPS) is 12.4. The van der Waals surface area contributed by atoms with Crippen LogP contribution >= 0.6 is 0 Å².